The van der Waals surface area contributed by atoms with Crippen LogP contribution in [0.4, 0.5) is 0 Å². The summed E-state index contributed by atoms with van der Waals surface area (Å²) in [5.41, 5.74) is 2.75. The topological polar surface area (TPSA) is 0 Å². The van der Waals surface area contributed by atoms with E-state index in [0.717, 1.165) is 6.42 Å². The summed E-state index contributed by atoms with van der Waals surface area (Å²) in [6, 6.07) is 0. The van der Waals surface area contributed by atoms with Crippen molar-refractivity contribution >= 4 is 0 Å². The van der Waals surface area contributed by atoms with E-state index in [1.807, 2.05) is 0 Å². The molecule has 1 aliphatic rings. The molecular formula is C15H24. The van der Waals surface area contributed by atoms with E-state index >= 15 is 0 Å². The molecule has 0 saturated heterocycles. The first kappa shape index (κ1) is 12.3. The fraction of sp³-hybridized carbons (Fsp3) is 0.600. The van der Waals surface area contributed by atoms with E-state index in [2.05, 4.69) is 31.7 Å². The van der Waals surface area contributed by atoms with Crippen molar-refractivity contribution in [2.45, 2.75) is 58.3 Å². The first-order valence-corrected chi connectivity index (χ1v) is 6.38. The maximum absolute atomic E-state index is 3.95. The average Bonchev–Trinajstić information content (AvgIpc) is 2.26. The molecule has 0 unspecified atom stereocenters. The fourth-order valence-corrected chi connectivity index (χ4v) is 1.92. The first-order valence-electron chi connectivity index (χ1n) is 6.38. The lowest BCUT2D eigenvalue weighted by atomic mass is 9.98. The van der Waals surface area contributed by atoms with E-state index in [0.29, 0.717) is 0 Å². The SMILES string of the molecule is C=C1C=CC(CCCCCCCC)=CC1. The van der Waals surface area contributed by atoms with Crippen LogP contribution in [-0.4, -0.2) is 0 Å². The minimum atomic E-state index is 1.06. The minimum absolute atomic E-state index is 1.06. The number of hydrogen-bond donors (Lipinski definition) is 0. The summed E-state index contributed by atoms with van der Waals surface area (Å²) in [5, 5.41) is 0. The minimum Gasteiger partial charge on any atom is -0.0955 e. The van der Waals surface area contributed by atoms with E-state index in [4.69, 9.17) is 0 Å². The maximum Gasteiger partial charge on any atom is -0.00975 e. The Morgan fingerprint density at radius 3 is 2.47 bits per heavy atom. The van der Waals surface area contributed by atoms with Gasteiger partial charge in [0.15, 0.2) is 0 Å². The standard InChI is InChI=1S/C15H24/c1-3-4-5-6-7-8-9-15-12-10-14(2)11-13-15/h10,12-13H,2-9,11H2,1H3. The number of allylic oxidation sites excluding steroid dienone is 5. The van der Waals surface area contributed by atoms with Crippen molar-refractivity contribution in [2.24, 2.45) is 0 Å². The summed E-state index contributed by atoms with van der Waals surface area (Å²) < 4.78 is 0. The molecule has 0 N–H and O–H groups in total. The zero-order valence-corrected chi connectivity index (χ0v) is 10.1. The fourth-order valence-electron chi connectivity index (χ4n) is 1.92. The zero-order chi connectivity index (χ0) is 10.9. The third-order valence-corrected chi connectivity index (χ3v) is 2.98. The lowest BCUT2D eigenvalue weighted by Gasteiger charge is -2.08. The molecule has 0 nitrogen and oxygen atoms in total. The maximum atomic E-state index is 3.95. The molecule has 0 atom stereocenters. The van der Waals surface area contributed by atoms with E-state index in [9.17, 15) is 0 Å². The Hall–Kier alpha value is -0.780. The lowest BCUT2D eigenvalue weighted by Crippen LogP contribution is -1.88. The molecule has 0 heterocycles. The molecule has 0 spiro atoms. The highest BCUT2D eigenvalue weighted by Crippen LogP contribution is 2.19. The Balaban J connectivity index is 2.01. The van der Waals surface area contributed by atoms with Gasteiger partial charge in [-0.05, 0) is 19.3 Å². The molecular weight excluding hydrogens is 180 g/mol. The Morgan fingerprint density at radius 1 is 1.07 bits per heavy atom. The smallest absolute Gasteiger partial charge is 0.00975 e. The molecule has 1 rings (SSSR count). The Kier molecular flexibility index (Phi) is 6.15. The van der Waals surface area contributed by atoms with Crippen molar-refractivity contribution in [3.8, 4) is 0 Å². The molecule has 84 valence electrons. The van der Waals surface area contributed by atoms with Gasteiger partial charge in [-0.15, -0.1) is 0 Å². The highest BCUT2D eigenvalue weighted by Gasteiger charge is 1.99. The van der Waals surface area contributed by atoms with Crippen LogP contribution in [0.5, 0.6) is 0 Å². The van der Waals surface area contributed by atoms with Gasteiger partial charge in [0.05, 0.1) is 0 Å². The summed E-state index contributed by atoms with van der Waals surface area (Å²) in [7, 11) is 0. The van der Waals surface area contributed by atoms with Crippen LogP contribution in [0.2, 0.25) is 0 Å². The third kappa shape index (κ3) is 5.61. The van der Waals surface area contributed by atoms with E-state index < -0.39 is 0 Å². The zero-order valence-electron chi connectivity index (χ0n) is 10.1. The van der Waals surface area contributed by atoms with Crippen LogP contribution in [0.1, 0.15) is 58.3 Å². The first-order chi connectivity index (χ1) is 7.33. The summed E-state index contributed by atoms with van der Waals surface area (Å²) in [4.78, 5) is 0. The number of rotatable bonds is 7. The van der Waals surface area contributed by atoms with E-state index in [1.165, 1.54) is 56.1 Å². The quantitative estimate of drug-likeness (QED) is 0.501. The summed E-state index contributed by atoms with van der Waals surface area (Å²) in [6.45, 7) is 6.22. The van der Waals surface area contributed by atoms with Crippen LogP contribution in [0.25, 0.3) is 0 Å². The van der Waals surface area contributed by atoms with Crippen LogP contribution in [-0.2, 0) is 0 Å². The molecule has 0 aliphatic heterocycles. The second-order valence-electron chi connectivity index (χ2n) is 4.49. The third-order valence-electron chi connectivity index (χ3n) is 2.98. The molecule has 0 bridgehead atoms. The molecule has 15 heavy (non-hydrogen) atoms. The molecule has 0 aromatic rings. The predicted molar refractivity (Wildman–Crippen MR) is 69.0 cm³/mol. The van der Waals surface area contributed by atoms with Gasteiger partial charge in [0.25, 0.3) is 0 Å². The van der Waals surface area contributed by atoms with Gasteiger partial charge in [0, 0.05) is 0 Å². The summed E-state index contributed by atoms with van der Waals surface area (Å²) in [6.07, 6.45) is 17.4. The Bertz CT molecular complexity index is 243. The molecule has 0 aromatic heterocycles. The molecule has 0 saturated carbocycles. The second kappa shape index (κ2) is 7.50. The van der Waals surface area contributed by atoms with Crippen molar-refractivity contribution < 1.29 is 0 Å². The van der Waals surface area contributed by atoms with Crippen molar-refractivity contribution in [1.82, 2.24) is 0 Å². The Morgan fingerprint density at radius 2 is 1.80 bits per heavy atom. The van der Waals surface area contributed by atoms with Gasteiger partial charge in [0.1, 0.15) is 0 Å². The van der Waals surface area contributed by atoms with Crippen molar-refractivity contribution in [3.63, 3.8) is 0 Å². The monoisotopic (exact) mass is 204 g/mol. The second-order valence-corrected chi connectivity index (χ2v) is 4.49. The molecule has 0 radical (unpaired) electrons. The average molecular weight is 204 g/mol. The van der Waals surface area contributed by atoms with Gasteiger partial charge >= 0.3 is 0 Å². The molecule has 0 fully saturated rings. The van der Waals surface area contributed by atoms with Crippen molar-refractivity contribution in [3.05, 3.63) is 36.0 Å². The van der Waals surface area contributed by atoms with Crippen LogP contribution >= 0.6 is 0 Å². The van der Waals surface area contributed by atoms with Crippen molar-refractivity contribution in [2.75, 3.05) is 0 Å². The lowest BCUT2D eigenvalue weighted by molar-refractivity contribution is 0.608. The van der Waals surface area contributed by atoms with E-state index in [1.54, 1.807) is 0 Å². The molecule has 0 amide bonds. The summed E-state index contributed by atoms with van der Waals surface area (Å²) in [5.74, 6) is 0. The van der Waals surface area contributed by atoms with Crippen molar-refractivity contribution in [1.29, 1.82) is 0 Å². The van der Waals surface area contributed by atoms with Gasteiger partial charge < -0.3 is 0 Å². The van der Waals surface area contributed by atoms with Gasteiger partial charge in [0.2, 0.25) is 0 Å². The Labute approximate surface area is 94.8 Å². The predicted octanol–water partition coefficient (Wildman–Crippen LogP) is 5.18. The molecule has 1 aliphatic carbocycles. The summed E-state index contributed by atoms with van der Waals surface area (Å²) >= 11 is 0. The van der Waals surface area contributed by atoms with Gasteiger partial charge in [-0.1, -0.05) is 75.0 Å². The highest BCUT2D eigenvalue weighted by molar-refractivity contribution is 5.33. The molecule has 0 aromatic carbocycles. The van der Waals surface area contributed by atoms with Gasteiger partial charge in [-0.25, -0.2) is 0 Å². The van der Waals surface area contributed by atoms with Crippen LogP contribution in [0.15, 0.2) is 36.0 Å². The molecule has 0 heteroatoms. The van der Waals surface area contributed by atoms with Gasteiger partial charge in [-0.2, -0.15) is 0 Å². The highest BCUT2D eigenvalue weighted by atomic mass is 14.0. The number of unbranched alkanes of at least 4 members (excludes halogenated alkanes) is 5. The van der Waals surface area contributed by atoms with Crippen LogP contribution < -0.4 is 0 Å². The van der Waals surface area contributed by atoms with Crippen LogP contribution in [0, 0.1) is 0 Å². The van der Waals surface area contributed by atoms with Crippen LogP contribution in [0.3, 0.4) is 0 Å². The normalized spacial score (nSPS) is 15.5. The number of hydrogen-bond acceptors (Lipinski definition) is 0. The largest absolute Gasteiger partial charge is 0.0955 e. The van der Waals surface area contributed by atoms with E-state index in [-0.39, 0.29) is 0 Å². The van der Waals surface area contributed by atoms with Gasteiger partial charge in [-0.3, -0.25) is 0 Å².